The summed E-state index contributed by atoms with van der Waals surface area (Å²) in [6.45, 7) is 4.66. The molecule has 1 aliphatic heterocycles. The number of hydrogen-bond acceptors (Lipinski definition) is 3. The third-order valence-corrected chi connectivity index (χ3v) is 3.90. The number of nitrogens with zero attached hydrogens (tertiary/aromatic N) is 3. The number of aliphatic hydroxyl groups excluding tert-OH is 1. The minimum absolute atomic E-state index is 0.243. The minimum Gasteiger partial charge on any atom is -0.383 e. The van der Waals surface area contributed by atoms with Crippen molar-refractivity contribution in [1.29, 1.82) is 0 Å². The predicted molar refractivity (Wildman–Crippen MR) is 78.1 cm³/mol. The van der Waals surface area contributed by atoms with Crippen LogP contribution in [-0.4, -0.2) is 33.2 Å². The van der Waals surface area contributed by atoms with Crippen molar-refractivity contribution in [3.05, 3.63) is 23.6 Å². The van der Waals surface area contributed by atoms with Gasteiger partial charge in [-0.2, -0.15) is 0 Å². The molecule has 3 rings (SSSR count). The molecule has 106 valence electrons. The molecule has 1 aliphatic rings. The SMILES string of the molecule is CC(C)n1cc(N2CCC(O)C2=O)c2cnc(Cl)cc21. The van der Waals surface area contributed by atoms with Gasteiger partial charge in [0.25, 0.3) is 5.91 Å². The van der Waals surface area contributed by atoms with Crippen molar-refractivity contribution in [3.63, 3.8) is 0 Å². The highest BCUT2D eigenvalue weighted by atomic mass is 35.5. The molecule has 1 N–H and O–H groups in total. The Morgan fingerprint density at radius 3 is 2.85 bits per heavy atom. The molecular weight excluding hydrogens is 278 g/mol. The largest absolute Gasteiger partial charge is 0.383 e. The number of fused-ring (bicyclic) bond motifs is 1. The van der Waals surface area contributed by atoms with Crippen molar-refractivity contribution < 1.29 is 9.90 Å². The van der Waals surface area contributed by atoms with E-state index >= 15 is 0 Å². The molecule has 0 spiro atoms. The summed E-state index contributed by atoms with van der Waals surface area (Å²) in [6.07, 6.45) is 3.19. The second-order valence-electron chi connectivity index (χ2n) is 5.33. The van der Waals surface area contributed by atoms with Gasteiger partial charge in [0.1, 0.15) is 11.3 Å². The van der Waals surface area contributed by atoms with Gasteiger partial charge >= 0.3 is 0 Å². The Balaban J connectivity index is 2.19. The Kier molecular flexibility index (Phi) is 3.18. The summed E-state index contributed by atoms with van der Waals surface area (Å²) >= 11 is 5.97. The van der Waals surface area contributed by atoms with E-state index in [9.17, 15) is 9.90 Å². The summed E-state index contributed by atoms with van der Waals surface area (Å²) in [5.41, 5.74) is 1.74. The maximum Gasteiger partial charge on any atom is 0.255 e. The predicted octanol–water partition coefficient (Wildman–Crippen LogP) is 2.37. The van der Waals surface area contributed by atoms with Gasteiger partial charge in [-0.1, -0.05) is 11.6 Å². The van der Waals surface area contributed by atoms with Gasteiger partial charge in [-0.15, -0.1) is 0 Å². The van der Waals surface area contributed by atoms with Gasteiger partial charge in [-0.25, -0.2) is 4.98 Å². The number of anilines is 1. The van der Waals surface area contributed by atoms with Crippen LogP contribution in [-0.2, 0) is 4.79 Å². The summed E-state index contributed by atoms with van der Waals surface area (Å²) < 4.78 is 2.07. The third-order valence-electron chi connectivity index (χ3n) is 3.69. The lowest BCUT2D eigenvalue weighted by Gasteiger charge is -2.14. The van der Waals surface area contributed by atoms with Crippen molar-refractivity contribution in [2.45, 2.75) is 32.4 Å². The average Bonchev–Trinajstić information content (AvgIpc) is 2.91. The van der Waals surface area contributed by atoms with E-state index in [1.54, 1.807) is 17.2 Å². The molecule has 5 nitrogen and oxygen atoms in total. The van der Waals surface area contributed by atoms with Crippen LogP contribution in [0, 0.1) is 0 Å². The van der Waals surface area contributed by atoms with E-state index in [0.29, 0.717) is 18.1 Å². The van der Waals surface area contributed by atoms with Crippen LogP contribution in [0.3, 0.4) is 0 Å². The number of pyridine rings is 1. The Morgan fingerprint density at radius 1 is 1.50 bits per heavy atom. The topological polar surface area (TPSA) is 58.4 Å². The van der Waals surface area contributed by atoms with Crippen LogP contribution in [0.5, 0.6) is 0 Å². The third kappa shape index (κ3) is 1.98. The highest BCUT2D eigenvalue weighted by Crippen LogP contribution is 2.34. The Hall–Kier alpha value is -1.59. The van der Waals surface area contributed by atoms with E-state index in [2.05, 4.69) is 23.4 Å². The molecule has 0 saturated carbocycles. The fraction of sp³-hybridized carbons (Fsp3) is 0.429. The van der Waals surface area contributed by atoms with Crippen LogP contribution in [0.25, 0.3) is 10.9 Å². The van der Waals surface area contributed by atoms with E-state index in [1.807, 2.05) is 6.20 Å². The molecule has 0 bridgehead atoms. The standard InChI is InChI=1S/C14H16ClN3O2/c1-8(2)18-7-11(17-4-3-12(19)14(17)20)9-6-16-13(15)5-10(9)18/h5-8,12,19H,3-4H2,1-2H3. The molecule has 2 aromatic heterocycles. The van der Waals surface area contributed by atoms with Crippen molar-refractivity contribution in [3.8, 4) is 0 Å². The molecule has 2 aromatic rings. The summed E-state index contributed by atoms with van der Waals surface area (Å²) in [6, 6.07) is 2.05. The molecule has 0 aromatic carbocycles. The van der Waals surface area contributed by atoms with Gasteiger partial charge in [-0.05, 0) is 19.9 Å². The lowest BCUT2D eigenvalue weighted by molar-refractivity contribution is -0.123. The van der Waals surface area contributed by atoms with Crippen molar-refractivity contribution in [2.24, 2.45) is 0 Å². The molecule has 3 heterocycles. The monoisotopic (exact) mass is 293 g/mol. The molecule has 0 aliphatic carbocycles. The fourth-order valence-corrected chi connectivity index (χ4v) is 2.80. The Labute approximate surface area is 121 Å². The van der Waals surface area contributed by atoms with Crippen molar-refractivity contribution in [1.82, 2.24) is 9.55 Å². The average molecular weight is 294 g/mol. The van der Waals surface area contributed by atoms with E-state index in [-0.39, 0.29) is 11.9 Å². The van der Waals surface area contributed by atoms with Crippen LogP contribution in [0.2, 0.25) is 5.15 Å². The number of hydrogen-bond donors (Lipinski definition) is 1. The van der Waals surface area contributed by atoms with Crippen LogP contribution in [0.4, 0.5) is 5.69 Å². The summed E-state index contributed by atoms with van der Waals surface area (Å²) in [5.74, 6) is -0.247. The van der Waals surface area contributed by atoms with E-state index in [0.717, 1.165) is 16.6 Å². The zero-order valence-corrected chi connectivity index (χ0v) is 12.1. The van der Waals surface area contributed by atoms with Crippen LogP contribution in [0.15, 0.2) is 18.5 Å². The molecule has 1 saturated heterocycles. The van der Waals surface area contributed by atoms with Gasteiger partial charge in [0, 0.05) is 36.8 Å². The van der Waals surface area contributed by atoms with Gasteiger partial charge < -0.3 is 14.6 Å². The molecule has 20 heavy (non-hydrogen) atoms. The summed E-state index contributed by atoms with van der Waals surface area (Å²) in [5, 5.41) is 10.9. The number of carbonyl (C=O) groups excluding carboxylic acids is 1. The fourth-order valence-electron chi connectivity index (χ4n) is 2.65. The normalized spacial score (nSPS) is 19.6. The zero-order chi connectivity index (χ0) is 14.4. The Morgan fingerprint density at radius 2 is 2.25 bits per heavy atom. The molecule has 0 radical (unpaired) electrons. The number of amides is 1. The number of rotatable bonds is 2. The summed E-state index contributed by atoms with van der Waals surface area (Å²) in [4.78, 5) is 17.7. The highest BCUT2D eigenvalue weighted by Gasteiger charge is 2.32. The first kappa shape index (κ1) is 13.4. The first-order valence-corrected chi connectivity index (χ1v) is 7.02. The first-order valence-electron chi connectivity index (χ1n) is 6.64. The number of aromatic nitrogens is 2. The van der Waals surface area contributed by atoms with Gasteiger partial charge in [0.2, 0.25) is 0 Å². The Bertz CT molecular complexity index is 680. The van der Waals surface area contributed by atoms with Crippen LogP contribution in [0.1, 0.15) is 26.3 Å². The number of aliphatic hydroxyl groups is 1. The maximum absolute atomic E-state index is 12.0. The molecule has 1 atom stereocenters. The number of halogens is 1. The van der Waals surface area contributed by atoms with Crippen molar-refractivity contribution in [2.75, 3.05) is 11.4 Å². The first-order chi connectivity index (χ1) is 9.49. The quantitative estimate of drug-likeness (QED) is 0.865. The van der Waals surface area contributed by atoms with Gasteiger partial charge in [-0.3, -0.25) is 4.79 Å². The van der Waals surface area contributed by atoms with Crippen molar-refractivity contribution >= 4 is 34.1 Å². The highest BCUT2D eigenvalue weighted by molar-refractivity contribution is 6.30. The zero-order valence-electron chi connectivity index (χ0n) is 11.4. The van der Waals surface area contributed by atoms with E-state index in [1.165, 1.54) is 0 Å². The van der Waals surface area contributed by atoms with Crippen LogP contribution < -0.4 is 4.90 Å². The maximum atomic E-state index is 12.0. The molecule has 6 heteroatoms. The molecule has 1 unspecified atom stereocenters. The number of carbonyl (C=O) groups is 1. The smallest absolute Gasteiger partial charge is 0.255 e. The van der Waals surface area contributed by atoms with Gasteiger partial charge in [0.05, 0.1) is 11.2 Å². The van der Waals surface area contributed by atoms with Crippen LogP contribution >= 0.6 is 11.6 Å². The summed E-state index contributed by atoms with van der Waals surface area (Å²) in [7, 11) is 0. The lowest BCUT2D eigenvalue weighted by Crippen LogP contribution is -2.28. The minimum atomic E-state index is -0.896. The van der Waals surface area contributed by atoms with Gasteiger partial charge in [0.15, 0.2) is 0 Å². The molecular formula is C14H16ClN3O2. The second-order valence-corrected chi connectivity index (χ2v) is 5.72. The van der Waals surface area contributed by atoms with E-state index in [4.69, 9.17) is 11.6 Å². The molecule has 1 fully saturated rings. The molecule has 1 amide bonds. The second kappa shape index (κ2) is 4.75. The van der Waals surface area contributed by atoms with E-state index < -0.39 is 6.10 Å². The lowest BCUT2D eigenvalue weighted by atomic mass is 10.3.